The molecule has 2 amide bonds. The highest BCUT2D eigenvalue weighted by Crippen LogP contribution is 2.31. The van der Waals surface area contributed by atoms with Crippen molar-refractivity contribution < 1.29 is 31.9 Å². The molecule has 0 saturated heterocycles. The van der Waals surface area contributed by atoms with Crippen LogP contribution >= 0.6 is 0 Å². The van der Waals surface area contributed by atoms with Crippen molar-refractivity contribution in [2.45, 2.75) is 38.4 Å². The summed E-state index contributed by atoms with van der Waals surface area (Å²) in [6, 6.07) is 11.3. The number of oxazole rings is 1. The second kappa shape index (κ2) is 10.7. The molecule has 0 radical (unpaired) electrons. The molecule has 8 nitrogen and oxygen atoms in total. The topological polar surface area (TPSA) is 103 Å². The fourth-order valence-corrected chi connectivity index (χ4v) is 3.07. The number of para-hydroxylation sites is 2. The molecule has 33 heavy (non-hydrogen) atoms. The van der Waals surface area contributed by atoms with Gasteiger partial charge in [0.2, 0.25) is 5.91 Å². The first-order valence-corrected chi connectivity index (χ1v) is 10.2. The quantitative estimate of drug-likeness (QED) is 0.373. The van der Waals surface area contributed by atoms with Gasteiger partial charge in [0.25, 0.3) is 5.91 Å². The lowest BCUT2D eigenvalue weighted by atomic mass is 10.2. The number of nitrogens with zero attached hydrogens (tertiary/aromatic N) is 1. The predicted molar refractivity (Wildman–Crippen MR) is 112 cm³/mol. The molecular formula is C22H22F3N3O5. The van der Waals surface area contributed by atoms with Gasteiger partial charge in [-0.2, -0.15) is 13.2 Å². The Bertz CT molecular complexity index is 1170. The lowest BCUT2D eigenvalue weighted by Crippen LogP contribution is -2.43. The molecule has 0 aliphatic rings. The maximum atomic E-state index is 12.7. The molecule has 0 aliphatic heterocycles. The van der Waals surface area contributed by atoms with Crippen LogP contribution in [0, 0.1) is 0 Å². The summed E-state index contributed by atoms with van der Waals surface area (Å²) in [4.78, 5) is 35.8. The van der Waals surface area contributed by atoms with E-state index in [1.54, 1.807) is 24.3 Å². The Balaban J connectivity index is 1.31. The number of hydrogen-bond donors (Lipinski definition) is 2. The third-order valence-electron chi connectivity index (χ3n) is 4.70. The smallest absolute Gasteiger partial charge is 0.420 e. The molecule has 176 valence electrons. The van der Waals surface area contributed by atoms with Crippen molar-refractivity contribution in [2.24, 2.45) is 0 Å². The maximum Gasteiger partial charge on any atom is 0.420 e. The van der Waals surface area contributed by atoms with Crippen LogP contribution in [-0.4, -0.2) is 23.0 Å². The van der Waals surface area contributed by atoms with E-state index >= 15 is 0 Å². The van der Waals surface area contributed by atoms with Crippen LogP contribution in [0.25, 0.3) is 11.1 Å². The molecule has 3 aromatic rings. The maximum absolute atomic E-state index is 12.7. The summed E-state index contributed by atoms with van der Waals surface area (Å²) >= 11 is 0. The van der Waals surface area contributed by atoms with Crippen molar-refractivity contribution in [1.29, 1.82) is 0 Å². The Hall–Kier alpha value is -3.76. The Morgan fingerprint density at radius 3 is 2.52 bits per heavy atom. The average Bonchev–Trinajstić information content (AvgIpc) is 3.09. The van der Waals surface area contributed by atoms with Crippen molar-refractivity contribution in [2.75, 3.05) is 6.61 Å². The van der Waals surface area contributed by atoms with Crippen LogP contribution in [0.4, 0.5) is 13.2 Å². The summed E-state index contributed by atoms with van der Waals surface area (Å²) in [5.74, 6) is -1.54. The molecule has 0 fully saturated rings. The highest BCUT2D eigenvalue weighted by molar-refractivity contribution is 5.83. The van der Waals surface area contributed by atoms with E-state index in [1.807, 2.05) is 0 Å². The second-order valence-electron chi connectivity index (χ2n) is 7.20. The number of carbonyl (C=O) groups excluding carboxylic acids is 2. The minimum absolute atomic E-state index is 0.134. The minimum atomic E-state index is -4.43. The van der Waals surface area contributed by atoms with Crippen LogP contribution in [-0.2, 0) is 22.3 Å². The molecule has 0 bridgehead atoms. The summed E-state index contributed by atoms with van der Waals surface area (Å²) in [7, 11) is 0. The van der Waals surface area contributed by atoms with Crippen molar-refractivity contribution in [3.05, 3.63) is 64.6 Å². The van der Waals surface area contributed by atoms with E-state index in [1.165, 1.54) is 12.1 Å². The van der Waals surface area contributed by atoms with Crippen molar-refractivity contribution in [1.82, 2.24) is 15.4 Å². The molecule has 2 N–H and O–H groups in total. The first-order chi connectivity index (χ1) is 15.7. The van der Waals surface area contributed by atoms with Gasteiger partial charge >= 0.3 is 11.9 Å². The molecule has 0 atom stereocenters. The number of benzene rings is 2. The zero-order valence-corrected chi connectivity index (χ0v) is 17.5. The molecule has 3 rings (SSSR count). The number of halogens is 3. The van der Waals surface area contributed by atoms with Gasteiger partial charge in [0.15, 0.2) is 5.58 Å². The Morgan fingerprint density at radius 1 is 0.970 bits per heavy atom. The number of hydrazine groups is 1. The number of aromatic nitrogens is 1. The third-order valence-corrected chi connectivity index (χ3v) is 4.70. The summed E-state index contributed by atoms with van der Waals surface area (Å²) in [6.45, 7) is -0.101. The van der Waals surface area contributed by atoms with Crippen LogP contribution in [0.2, 0.25) is 0 Å². The number of unbranched alkanes of at least 4 members (excludes halogenated alkanes) is 2. The van der Waals surface area contributed by atoms with Crippen molar-refractivity contribution in [3.8, 4) is 5.75 Å². The first-order valence-electron chi connectivity index (χ1n) is 10.2. The summed E-state index contributed by atoms with van der Waals surface area (Å²) in [6.07, 6.45) is -2.63. The van der Waals surface area contributed by atoms with Crippen molar-refractivity contribution in [3.63, 3.8) is 0 Å². The van der Waals surface area contributed by atoms with Gasteiger partial charge in [0.05, 0.1) is 17.7 Å². The lowest BCUT2D eigenvalue weighted by molar-refractivity contribution is -0.137. The molecule has 0 spiro atoms. The zero-order valence-electron chi connectivity index (χ0n) is 17.5. The van der Waals surface area contributed by atoms with Gasteiger partial charge in [0, 0.05) is 6.42 Å². The monoisotopic (exact) mass is 465 g/mol. The van der Waals surface area contributed by atoms with E-state index in [9.17, 15) is 27.6 Å². The Morgan fingerprint density at radius 2 is 1.73 bits per heavy atom. The predicted octanol–water partition coefficient (Wildman–Crippen LogP) is 3.40. The van der Waals surface area contributed by atoms with E-state index < -0.39 is 29.3 Å². The number of carbonyl (C=O) groups is 2. The highest BCUT2D eigenvalue weighted by atomic mass is 19.4. The SMILES string of the molecule is O=C(CCCCCOc1cccc(C(F)(F)F)c1)NNC(=O)Cn1c(=O)oc2ccccc21. The first kappa shape index (κ1) is 23.9. The number of amides is 2. The van der Waals surface area contributed by atoms with Gasteiger partial charge in [-0.15, -0.1) is 0 Å². The highest BCUT2D eigenvalue weighted by Gasteiger charge is 2.30. The lowest BCUT2D eigenvalue weighted by Gasteiger charge is -2.10. The van der Waals surface area contributed by atoms with E-state index in [4.69, 9.17) is 9.15 Å². The van der Waals surface area contributed by atoms with Crippen LogP contribution in [0.1, 0.15) is 31.2 Å². The molecule has 11 heteroatoms. The molecule has 2 aromatic carbocycles. The van der Waals surface area contributed by atoms with Crippen LogP contribution in [0.3, 0.4) is 0 Å². The van der Waals surface area contributed by atoms with Gasteiger partial charge in [0.1, 0.15) is 12.3 Å². The summed E-state index contributed by atoms with van der Waals surface area (Å²) < 4.78 is 49.6. The molecule has 1 aromatic heterocycles. The average molecular weight is 465 g/mol. The molecule has 1 heterocycles. The van der Waals surface area contributed by atoms with Gasteiger partial charge in [-0.3, -0.25) is 25.0 Å². The van der Waals surface area contributed by atoms with Crippen LogP contribution in [0.15, 0.2) is 57.7 Å². The molecule has 0 saturated carbocycles. The normalized spacial score (nSPS) is 11.4. The third kappa shape index (κ3) is 6.86. The van der Waals surface area contributed by atoms with E-state index in [0.29, 0.717) is 30.4 Å². The van der Waals surface area contributed by atoms with E-state index in [-0.39, 0.29) is 25.3 Å². The number of fused-ring (bicyclic) bond motifs is 1. The van der Waals surface area contributed by atoms with Crippen molar-refractivity contribution >= 4 is 22.9 Å². The van der Waals surface area contributed by atoms with E-state index in [0.717, 1.165) is 16.7 Å². The van der Waals surface area contributed by atoms with Crippen LogP contribution in [0.5, 0.6) is 5.75 Å². The van der Waals surface area contributed by atoms with Gasteiger partial charge in [-0.1, -0.05) is 18.2 Å². The number of hydrogen-bond acceptors (Lipinski definition) is 5. The Kier molecular flexibility index (Phi) is 7.75. The zero-order chi connectivity index (χ0) is 23.8. The van der Waals surface area contributed by atoms with E-state index in [2.05, 4.69) is 10.9 Å². The van der Waals surface area contributed by atoms with Gasteiger partial charge < -0.3 is 9.15 Å². The Labute approximate surface area is 186 Å². The standard InChI is InChI=1S/C22H22F3N3O5/c23-22(24,25)15-7-6-8-16(13-15)32-12-5-1-2-11-19(29)26-27-20(30)14-28-17-9-3-4-10-18(17)33-21(28)31/h3-4,6-10,13H,1-2,5,11-12,14H2,(H,26,29)(H,27,30). The second-order valence-corrected chi connectivity index (χ2v) is 7.20. The summed E-state index contributed by atoms with van der Waals surface area (Å²) in [5.41, 5.74) is 4.58. The molecular weight excluding hydrogens is 443 g/mol. The number of alkyl halides is 3. The molecule has 0 unspecified atom stereocenters. The number of nitrogens with one attached hydrogen (secondary N) is 2. The van der Waals surface area contributed by atoms with Gasteiger partial charge in [-0.05, 0) is 49.6 Å². The number of ether oxygens (including phenoxy) is 1. The largest absolute Gasteiger partial charge is 0.494 e. The minimum Gasteiger partial charge on any atom is -0.494 e. The number of rotatable bonds is 9. The van der Waals surface area contributed by atoms with Gasteiger partial charge in [-0.25, -0.2) is 4.79 Å². The molecule has 0 aliphatic carbocycles. The fraction of sp³-hybridized carbons (Fsp3) is 0.318. The van der Waals surface area contributed by atoms with Crippen LogP contribution < -0.4 is 21.3 Å². The fourth-order valence-electron chi connectivity index (χ4n) is 3.07. The summed E-state index contributed by atoms with van der Waals surface area (Å²) in [5, 5.41) is 0.